The minimum atomic E-state index is -0.290. The molecule has 0 aliphatic rings. The number of rotatable bonds is 3. The average Bonchev–Trinajstić information content (AvgIpc) is 2.51. The van der Waals surface area contributed by atoms with Crippen LogP contribution < -0.4 is 10.2 Å². The molecule has 2 heterocycles. The summed E-state index contributed by atoms with van der Waals surface area (Å²) in [5.74, 6) is 0. The molecular formula is C19H20NO2+. The minimum Gasteiger partial charge on any atom is -0.423 e. The summed E-state index contributed by atoms with van der Waals surface area (Å²) in [7, 11) is 0. The number of hydrogen-bond donors (Lipinski definition) is 0. The summed E-state index contributed by atoms with van der Waals surface area (Å²) in [6, 6.07) is 11.8. The highest BCUT2D eigenvalue weighted by atomic mass is 16.4. The van der Waals surface area contributed by atoms with E-state index in [1.165, 1.54) is 16.8 Å². The summed E-state index contributed by atoms with van der Waals surface area (Å²) in [5.41, 5.74) is 4.99. The van der Waals surface area contributed by atoms with Gasteiger partial charge < -0.3 is 4.42 Å². The molecule has 3 nitrogen and oxygen atoms in total. The molecule has 3 rings (SSSR count). The Balaban J connectivity index is 2.14. The van der Waals surface area contributed by atoms with Crippen molar-refractivity contribution in [3.05, 3.63) is 75.4 Å². The molecule has 112 valence electrons. The molecule has 0 saturated heterocycles. The van der Waals surface area contributed by atoms with Crippen molar-refractivity contribution >= 4 is 11.0 Å². The van der Waals surface area contributed by atoms with E-state index in [9.17, 15) is 4.79 Å². The van der Waals surface area contributed by atoms with Crippen molar-refractivity contribution in [1.29, 1.82) is 0 Å². The fourth-order valence-electron chi connectivity index (χ4n) is 2.73. The Kier molecular flexibility index (Phi) is 3.80. The van der Waals surface area contributed by atoms with Gasteiger partial charge in [-0.15, -0.1) is 0 Å². The number of aryl methyl sites for hydroxylation is 2. The highest BCUT2D eigenvalue weighted by molar-refractivity contribution is 5.80. The van der Waals surface area contributed by atoms with Crippen molar-refractivity contribution < 1.29 is 8.98 Å². The fraction of sp³-hybridized carbons (Fsp3) is 0.263. The Morgan fingerprint density at radius 1 is 1.14 bits per heavy atom. The first-order valence-corrected chi connectivity index (χ1v) is 7.60. The molecule has 0 radical (unpaired) electrons. The van der Waals surface area contributed by atoms with Crippen molar-refractivity contribution in [1.82, 2.24) is 0 Å². The molecule has 0 N–H and O–H groups in total. The summed E-state index contributed by atoms with van der Waals surface area (Å²) in [6.45, 7) is 6.95. The Labute approximate surface area is 129 Å². The van der Waals surface area contributed by atoms with Crippen LogP contribution in [0.1, 0.15) is 29.3 Å². The zero-order chi connectivity index (χ0) is 15.7. The molecular weight excluding hydrogens is 274 g/mol. The lowest BCUT2D eigenvalue weighted by Gasteiger charge is -2.06. The molecule has 2 aromatic heterocycles. The third-order valence-electron chi connectivity index (χ3n) is 4.26. The van der Waals surface area contributed by atoms with Crippen molar-refractivity contribution in [2.75, 3.05) is 0 Å². The van der Waals surface area contributed by atoms with Gasteiger partial charge in [-0.25, -0.2) is 4.79 Å². The van der Waals surface area contributed by atoms with E-state index in [1.807, 2.05) is 18.3 Å². The van der Waals surface area contributed by atoms with E-state index in [4.69, 9.17) is 4.42 Å². The van der Waals surface area contributed by atoms with Crippen LogP contribution in [0.5, 0.6) is 0 Å². The lowest BCUT2D eigenvalue weighted by atomic mass is 10.1. The number of fused-ring (bicyclic) bond motifs is 1. The van der Waals surface area contributed by atoms with Crippen molar-refractivity contribution in [2.24, 2.45) is 0 Å². The van der Waals surface area contributed by atoms with Gasteiger partial charge in [0.05, 0.1) is 0 Å². The summed E-state index contributed by atoms with van der Waals surface area (Å²) in [4.78, 5) is 11.9. The topological polar surface area (TPSA) is 34.1 Å². The van der Waals surface area contributed by atoms with Gasteiger partial charge in [0.2, 0.25) is 0 Å². The average molecular weight is 294 g/mol. The van der Waals surface area contributed by atoms with Crippen LogP contribution >= 0.6 is 0 Å². The van der Waals surface area contributed by atoms with E-state index in [2.05, 4.69) is 43.5 Å². The second-order valence-corrected chi connectivity index (χ2v) is 5.68. The molecule has 0 aliphatic heterocycles. The molecule has 0 bridgehead atoms. The van der Waals surface area contributed by atoms with E-state index in [-0.39, 0.29) is 5.63 Å². The SMILES string of the molecule is CCc1ccc2c(C[n+]3cccc(C)c3C)cc(=O)oc2c1. The maximum atomic E-state index is 11.9. The Hall–Kier alpha value is -2.42. The minimum absolute atomic E-state index is 0.290. The maximum absolute atomic E-state index is 11.9. The van der Waals surface area contributed by atoms with Crippen LogP contribution in [0.4, 0.5) is 0 Å². The molecule has 0 atom stereocenters. The summed E-state index contributed by atoms with van der Waals surface area (Å²) >= 11 is 0. The molecule has 3 heteroatoms. The molecule has 3 aromatic rings. The van der Waals surface area contributed by atoms with Gasteiger partial charge in [-0.1, -0.05) is 19.1 Å². The van der Waals surface area contributed by atoms with Crippen LogP contribution in [0.2, 0.25) is 0 Å². The zero-order valence-corrected chi connectivity index (χ0v) is 13.2. The number of aromatic nitrogens is 1. The third kappa shape index (κ3) is 2.67. The first-order chi connectivity index (χ1) is 10.6. The predicted octanol–water partition coefficient (Wildman–Crippen LogP) is 3.31. The molecule has 1 aromatic carbocycles. The van der Waals surface area contributed by atoms with Crippen LogP contribution in [0, 0.1) is 13.8 Å². The van der Waals surface area contributed by atoms with E-state index in [0.29, 0.717) is 12.1 Å². The normalized spacial score (nSPS) is 11.0. The number of pyridine rings is 1. The Morgan fingerprint density at radius 3 is 2.73 bits per heavy atom. The lowest BCUT2D eigenvalue weighted by Crippen LogP contribution is -2.38. The quantitative estimate of drug-likeness (QED) is 0.548. The molecule has 0 amide bonds. The van der Waals surface area contributed by atoms with Crippen LogP contribution in [-0.4, -0.2) is 0 Å². The van der Waals surface area contributed by atoms with Gasteiger partial charge in [-0.05, 0) is 31.0 Å². The van der Waals surface area contributed by atoms with Gasteiger partial charge in [-0.2, -0.15) is 4.57 Å². The molecule has 0 aliphatic carbocycles. The molecule has 22 heavy (non-hydrogen) atoms. The first-order valence-electron chi connectivity index (χ1n) is 7.60. The van der Waals surface area contributed by atoms with Gasteiger partial charge in [-0.3, -0.25) is 0 Å². The Bertz CT molecular complexity index is 894. The van der Waals surface area contributed by atoms with Crippen LogP contribution in [0.15, 0.2) is 51.8 Å². The number of hydrogen-bond acceptors (Lipinski definition) is 2. The van der Waals surface area contributed by atoms with E-state index in [1.54, 1.807) is 6.07 Å². The van der Waals surface area contributed by atoms with Crippen molar-refractivity contribution in [3.63, 3.8) is 0 Å². The lowest BCUT2D eigenvalue weighted by molar-refractivity contribution is -0.694. The fourth-order valence-corrected chi connectivity index (χ4v) is 2.73. The Morgan fingerprint density at radius 2 is 1.95 bits per heavy atom. The van der Waals surface area contributed by atoms with E-state index < -0.39 is 0 Å². The first kappa shape index (κ1) is 14.5. The summed E-state index contributed by atoms with van der Waals surface area (Å²) in [5, 5.41) is 1.00. The van der Waals surface area contributed by atoms with Crippen LogP contribution in [0.25, 0.3) is 11.0 Å². The second-order valence-electron chi connectivity index (χ2n) is 5.68. The maximum Gasteiger partial charge on any atom is 0.336 e. The third-order valence-corrected chi connectivity index (χ3v) is 4.26. The van der Waals surface area contributed by atoms with Gasteiger partial charge in [0.1, 0.15) is 5.58 Å². The van der Waals surface area contributed by atoms with Crippen molar-refractivity contribution in [2.45, 2.75) is 33.7 Å². The number of benzene rings is 1. The molecule has 0 spiro atoms. The second kappa shape index (κ2) is 5.76. The zero-order valence-electron chi connectivity index (χ0n) is 13.2. The van der Waals surface area contributed by atoms with E-state index in [0.717, 1.165) is 17.4 Å². The van der Waals surface area contributed by atoms with Crippen molar-refractivity contribution in [3.8, 4) is 0 Å². The monoisotopic (exact) mass is 294 g/mol. The van der Waals surface area contributed by atoms with Gasteiger partial charge >= 0.3 is 5.63 Å². The summed E-state index contributed by atoms with van der Waals surface area (Å²) in [6.07, 6.45) is 2.97. The standard InChI is InChI=1S/C19H20NO2/c1-4-15-7-8-17-16(11-19(21)22-18(17)10-15)12-20-9-5-6-13(2)14(20)3/h5-11H,4,12H2,1-3H3/q+1. The highest BCUT2D eigenvalue weighted by Gasteiger charge is 2.13. The summed E-state index contributed by atoms with van der Waals surface area (Å²) < 4.78 is 7.54. The van der Waals surface area contributed by atoms with Crippen LogP contribution in [-0.2, 0) is 13.0 Å². The smallest absolute Gasteiger partial charge is 0.336 e. The predicted molar refractivity (Wildman–Crippen MR) is 87.1 cm³/mol. The van der Waals surface area contributed by atoms with Crippen LogP contribution in [0.3, 0.4) is 0 Å². The van der Waals surface area contributed by atoms with Gasteiger partial charge in [0, 0.05) is 35.6 Å². The largest absolute Gasteiger partial charge is 0.423 e. The molecule has 0 unspecified atom stereocenters. The van der Waals surface area contributed by atoms with E-state index >= 15 is 0 Å². The van der Waals surface area contributed by atoms with Gasteiger partial charge in [0.25, 0.3) is 0 Å². The number of nitrogens with zero attached hydrogens (tertiary/aromatic N) is 1. The van der Waals surface area contributed by atoms with Gasteiger partial charge in [0.15, 0.2) is 18.4 Å². The molecule has 0 saturated carbocycles. The molecule has 0 fully saturated rings. The highest BCUT2D eigenvalue weighted by Crippen LogP contribution is 2.19.